The third-order valence-electron chi connectivity index (χ3n) is 7.49. The number of hydrogen-bond donors (Lipinski definition) is 1. The Hall–Kier alpha value is -2.59. The zero-order chi connectivity index (χ0) is 30.4. The monoisotopic (exact) mass is 693 g/mol. The number of amides is 2. The smallest absolute Gasteiger partial charge is 0.264 e. The molecule has 1 aliphatic rings. The maximum Gasteiger partial charge on any atom is 0.264 e. The van der Waals surface area contributed by atoms with E-state index < -0.39 is 28.5 Å². The molecule has 4 rings (SSSR count). The van der Waals surface area contributed by atoms with Crippen molar-refractivity contribution < 1.29 is 18.0 Å². The first-order chi connectivity index (χ1) is 20.0. The second-order valence-electron chi connectivity index (χ2n) is 10.5. The summed E-state index contributed by atoms with van der Waals surface area (Å²) in [5, 5.41) is 3.77. The third kappa shape index (κ3) is 7.86. The number of sulfonamides is 1. The molecule has 7 nitrogen and oxygen atoms in total. The number of carbonyl (C=O) groups excluding carboxylic acids is 2. The molecule has 3 aromatic carbocycles. The Balaban J connectivity index is 1.71. The van der Waals surface area contributed by atoms with E-state index in [2.05, 4.69) is 21.2 Å². The van der Waals surface area contributed by atoms with Gasteiger partial charge in [0.1, 0.15) is 12.6 Å². The molecular formula is C31H34BrCl2N3O4S. The number of nitrogens with zero attached hydrogens (tertiary/aromatic N) is 2. The second-order valence-corrected chi connectivity index (χ2v) is 14.1. The highest BCUT2D eigenvalue weighted by molar-refractivity contribution is 9.10. The van der Waals surface area contributed by atoms with Crippen LogP contribution >= 0.6 is 39.1 Å². The molecule has 1 saturated carbocycles. The number of halogens is 3. The van der Waals surface area contributed by atoms with Gasteiger partial charge in [0.25, 0.3) is 10.0 Å². The van der Waals surface area contributed by atoms with Crippen LogP contribution in [0.4, 0.5) is 5.69 Å². The van der Waals surface area contributed by atoms with Crippen molar-refractivity contribution in [3.05, 3.63) is 92.4 Å². The Morgan fingerprint density at radius 2 is 1.60 bits per heavy atom. The van der Waals surface area contributed by atoms with E-state index in [1.807, 2.05) is 6.92 Å². The largest absolute Gasteiger partial charge is 0.352 e. The topological polar surface area (TPSA) is 86.8 Å². The Bertz CT molecular complexity index is 1510. The van der Waals surface area contributed by atoms with Crippen LogP contribution in [0.3, 0.4) is 0 Å². The molecule has 0 bridgehead atoms. The zero-order valence-corrected chi connectivity index (χ0v) is 27.4. The van der Waals surface area contributed by atoms with Crippen LogP contribution in [0.5, 0.6) is 0 Å². The number of anilines is 1. The molecule has 0 radical (unpaired) electrons. The highest BCUT2D eigenvalue weighted by Crippen LogP contribution is 2.29. The molecule has 11 heteroatoms. The summed E-state index contributed by atoms with van der Waals surface area (Å²) in [7, 11) is -4.16. The van der Waals surface area contributed by atoms with Gasteiger partial charge in [-0.2, -0.15) is 0 Å². The van der Waals surface area contributed by atoms with Crippen molar-refractivity contribution in [2.75, 3.05) is 10.8 Å². The van der Waals surface area contributed by atoms with Crippen molar-refractivity contribution in [1.29, 1.82) is 0 Å². The second kappa shape index (κ2) is 14.3. The van der Waals surface area contributed by atoms with Gasteiger partial charge in [-0.05, 0) is 69.2 Å². The standard InChI is InChI=1S/C31H34BrCl2N3O4S/c1-21-14-16-26(17-15-21)42(40,41)37(25-11-6-8-23(32)18-25)20-30(38)36(19-27-28(33)12-7-13-29(27)34)22(2)31(39)35-24-9-4-3-5-10-24/h6-8,11-18,22,24H,3-5,9-10,19-20H2,1-2H3,(H,35,39)/t22-/m0/s1. The minimum absolute atomic E-state index is 0.0367. The summed E-state index contributed by atoms with van der Waals surface area (Å²) in [6.07, 6.45) is 4.98. The predicted molar refractivity (Wildman–Crippen MR) is 171 cm³/mol. The predicted octanol–water partition coefficient (Wildman–Crippen LogP) is 7.13. The molecule has 1 aliphatic carbocycles. The first-order valence-corrected chi connectivity index (χ1v) is 16.8. The van der Waals surface area contributed by atoms with Gasteiger partial charge in [-0.3, -0.25) is 13.9 Å². The summed E-state index contributed by atoms with van der Waals surface area (Å²) >= 11 is 16.3. The fraction of sp³-hybridized carbons (Fsp3) is 0.355. The summed E-state index contributed by atoms with van der Waals surface area (Å²) in [6, 6.07) is 17.3. The Morgan fingerprint density at radius 3 is 2.21 bits per heavy atom. The molecule has 0 aromatic heterocycles. The van der Waals surface area contributed by atoms with Gasteiger partial charge in [0.05, 0.1) is 10.6 Å². The van der Waals surface area contributed by atoms with Gasteiger partial charge in [-0.15, -0.1) is 0 Å². The van der Waals surface area contributed by atoms with Crippen molar-refractivity contribution in [1.82, 2.24) is 10.2 Å². The van der Waals surface area contributed by atoms with Crippen LogP contribution in [0.1, 0.15) is 50.2 Å². The number of benzene rings is 3. The first-order valence-electron chi connectivity index (χ1n) is 13.8. The van der Waals surface area contributed by atoms with Crippen LogP contribution in [0.25, 0.3) is 0 Å². The van der Waals surface area contributed by atoms with Gasteiger partial charge in [0.2, 0.25) is 11.8 Å². The van der Waals surface area contributed by atoms with E-state index in [1.165, 1.54) is 17.0 Å². The van der Waals surface area contributed by atoms with E-state index in [0.29, 0.717) is 25.8 Å². The quantitative estimate of drug-likeness (QED) is 0.245. The lowest BCUT2D eigenvalue weighted by atomic mass is 9.95. The van der Waals surface area contributed by atoms with E-state index >= 15 is 0 Å². The normalized spacial score (nSPS) is 14.7. The van der Waals surface area contributed by atoms with E-state index in [1.54, 1.807) is 61.5 Å². The van der Waals surface area contributed by atoms with Crippen molar-refractivity contribution >= 4 is 66.7 Å². The molecular weight excluding hydrogens is 661 g/mol. The van der Waals surface area contributed by atoms with E-state index in [4.69, 9.17) is 23.2 Å². The molecule has 2 amide bonds. The highest BCUT2D eigenvalue weighted by atomic mass is 79.9. The van der Waals surface area contributed by atoms with Crippen LogP contribution in [0, 0.1) is 6.92 Å². The summed E-state index contributed by atoms with van der Waals surface area (Å²) in [6.45, 7) is 2.88. The molecule has 42 heavy (non-hydrogen) atoms. The summed E-state index contributed by atoms with van der Waals surface area (Å²) < 4.78 is 29.6. The zero-order valence-electron chi connectivity index (χ0n) is 23.5. The van der Waals surface area contributed by atoms with E-state index in [-0.39, 0.29) is 23.4 Å². The Morgan fingerprint density at radius 1 is 0.976 bits per heavy atom. The minimum atomic E-state index is -4.16. The highest BCUT2D eigenvalue weighted by Gasteiger charge is 2.34. The number of rotatable bonds is 10. The molecule has 1 atom stereocenters. The van der Waals surface area contributed by atoms with Crippen LogP contribution in [0.15, 0.2) is 76.1 Å². The van der Waals surface area contributed by atoms with Gasteiger partial charge in [-0.1, -0.05) is 88.2 Å². The average Bonchev–Trinajstić information content (AvgIpc) is 2.96. The molecule has 0 aliphatic heterocycles. The fourth-order valence-corrected chi connectivity index (χ4v) is 7.31. The molecule has 0 saturated heterocycles. The maximum atomic E-state index is 14.2. The van der Waals surface area contributed by atoms with Crippen molar-refractivity contribution in [3.63, 3.8) is 0 Å². The maximum absolute atomic E-state index is 14.2. The lowest BCUT2D eigenvalue weighted by molar-refractivity contribution is -0.139. The summed E-state index contributed by atoms with van der Waals surface area (Å²) in [5.74, 6) is -0.887. The van der Waals surface area contributed by atoms with Crippen molar-refractivity contribution in [2.24, 2.45) is 0 Å². The van der Waals surface area contributed by atoms with Crippen LogP contribution in [0.2, 0.25) is 10.0 Å². The minimum Gasteiger partial charge on any atom is -0.352 e. The fourth-order valence-electron chi connectivity index (χ4n) is 5.00. The number of carbonyl (C=O) groups is 2. The number of aryl methyl sites for hydroxylation is 1. The van der Waals surface area contributed by atoms with Crippen LogP contribution < -0.4 is 9.62 Å². The van der Waals surface area contributed by atoms with Gasteiger partial charge in [-0.25, -0.2) is 8.42 Å². The molecule has 3 aromatic rings. The van der Waals surface area contributed by atoms with E-state index in [0.717, 1.165) is 42.0 Å². The van der Waals surface area contributed by atoms with Gasteiger partial charge < -0.3 is 10.2 Å². The lowest BCUT2D eigenvalue weighted by Gasteiger charge is -2.33. The number of nitrogens with one attached hydrogen (secondary N) is 1. The van der Waals surface area contributed by atoms with Crippen molar-refractivity contribution in [3.8, 4) is 0 Å². The van der Waals surface area contributed by atoms with E-state index in [9.17, 15) is 18.0 Å². The summed E-state index contributed by atoms with van der Waals surface area (Å²) in [4.78, 5) is 29.0. The van der Waals surface area contributed by atoms with Gasteiger partial charge in [0, 0.05) is 32.7 Å². The molecule has 224 valence electrons. The number of hydrogen-bond acceptors (Lipinski definition) is 4. The van der Waals surface area contributed by atoms with Crippen LogP contribution in [-0.4, -0.2) is 43.8 Å². The lowest BCUT2D eigenvalue weighted by Crippen LogP contribution is -2.53. The van der Waals surface area contributed by atoms with Gasteiger partial charge >= 0.3 is 0 Å². The molecule has 1 N–H and O–H groups in total. The first kappa shape index (κ1) is 32.3. The van der Waals surface area contributed by atoms with Crippen molar-refractivity contribution in [2.45, 2.75) is 69.5 Å². The third-order valence-corrected chi connectivity index (χ3v) is 10.5. The molecule has 0 spiro atoms. The molecule has 0 heterocycles. The average molecular weight is 696 g/mol. The Kier molecular flexibility index (Phi) is 11.0. The molecule has 1 fully saturated rings. The summed E-state index contributed by atoms with van der Waals surface area (Å²) in [5.41, 5.74) is 1.68. The SMILES string of the molecule is Cc1ccc(S(=O)(=O)N(CC(=O)N(Cc2c(Cl)cccc2Cl)[C@@H](C)C(=O)NC2CCCCC2)c2cccc(Br)c2)cc1. The van der Waals surface area contributed by atoms with Gasteiger partial charge in [0.15, 0.2) is 0 Å². The molecule has 0 unspecified atom stereocenters. The Labute approximate surface area is 266 Å². The van der Waals surface area contributed by atoms with Crippen LogP contribution in [-0.2, 0) is 26.2 Å².